The number of carboxylic acids is 1. The maximum atomic E-state index is 11.6. The molecule has 0 saturated carbocycles. The van der Waals surface area contributed by atoms with Gasteiger partial charge in [0.05, 0.1) is 11.4 Å². The number of aromatic nitrogens is 3. The third-order valence-corrected chi connectivity index (χ3v) is 3.49. The first-order valence-corrected chi connectivity index (χ1v) is 7.02. The van der Waals surface area contributed by atoms with E-state index in [4.69, 9.17) is 0 Å². The van der Waals surface area contributed by atoms with Gasteiger partial charge in [-0.25, -0.2) is 9.48 Å². The lowest BCUT2D eigenvalue weighted by Gasteiger charge is -2.09. The van der Waals surface area contributed by atoms with Crippen LogP contribution in [-0.2, 0) is 6.42 Å². The van der Waals surface area contributed by atoms with E-state index in [1.54, 1.807) is 24.5 Å². The maximum absolute atomic E-state index is 11.6. The number of benzene rings is 1. The number of hydrogen-bond acceptors (Lipinski definition) is 3. The minimum absolute atomic E-state index is 0.139. The number of carboxylic acid groups (broad SMARTS) is 1. The monoisotopic (exact) mass is 293 g/mol. The van der Waals surface area contributed by atoms with Crippen molar-refractivity contribution in [3.8, 4) is 16.9 Å². The van der Waals surface area contributed by atoms with Crippen LogP contribution in [0.4, 0.5) is 0 Å². The number of aromatic carboxylic acids is 1. The molecule has 110 valence electrons. The molecule has 0 bridgehead atoms. The summed E-state index contributed by atoms with van der Waals surface area (Å²) in [7, 11) is 0. The van der Waals surface area contributed by atoms with Gasteiger partial charge in [0.25, 0.3) is 0 Å². The van der Waals surface area contributed by atoms with Crippen molar-refractivity contribution in [1.82, 2.24) is 14.8 Å². The Hall–Kier alpha value is -2.95. The predicted octanol–water partition coefficient (Wildman–Crippen LogP) is 3.19. The number of aryl methyl sites for hydroxylation is 1. The van der Waals surface area contributed by atoms with Crippen molar-refractivity contribution in [1.29, 1.82) is 0 Å². The van der Waals surface area contributed by atoms with Gasteiger partial charge in [0, 0.05) is 18.0 Å². The minimum atomic E-state index is -1.01. The Balaban J connectivity index is 2.19. The number of nitrogens with zero attached hydrogens (tertiary/aromatic N) is 3. The lowest BCUT2D eigenvalue weighted by molar-refractivity contribution is 0.0687. The molecule has 2 aromatic heterocycles. The van der Waals surface area contributed by atoms with Crippen molar-refractivity contribution in [2.75, 3.05) is 0 Å². The largest absolute Gasteiger partial charge is 0.477 e. The second kappa shape index (κ2) is 5.81. The van der Waals surface area contributed by atoms with Gasteiger partial charge in [-0.2, -0.15) is 5.10 Å². The average molecular weight is 293 g/mol. The molecular weight excluding hydrogens is 278 g/mol. The highest BCUT2D eigenvalue weighted by molar-refractivity contribution is 5.88. The zero-order chi connectivity index (χ0) is 15.5. The molecule has 2 heterocycles. The van der Waals surface area contributed by atoms with Gasteiger partial charge in [0.1, 0.15) is 0 Å². The SMILES string of the molecule is CCc1ccccc1-n1nc(-c2cccnc2)cc1C(=O)O. The molecule has 0 amide bonds. The molecule has 1 N–H and O–H groups in total. The van der Waals surface area contributed by atoms with Crippen LogP contribution in [0.1, 0.15) is 23.0 Å². The van der Waals surface area contributed by atoms with Crippen molar-refractivity contribution in [3.05, 3.63) is 66.1 Å². The van der Waals surface area contributed by atoms with E-state index in [9.17, 15) is 9.90 Å². The molecule has 22 heavy (non-hydrogen) atoms. The zero-order valence-corrected chi connectivity index (χ0v) is 12.1. The third-order valence-electron chi connectivity index (χ3n) is 3.49. The van der Waals surface area contributed by atoms with E-state index >= 15 is 0 Å². The molecule has 3 rings (SSSR count). The normalized spacial score (nSPS) is 10.6. The summed E-state index contributed by atoms with van der Waals surface area (Å²) in [6.07, 6.45) is 4.15. The molecule has 0 radical (unpaired) electrons. The highest BCUT2D eigenvalue weighted by Gasteiger charge is 2.18. The van der Waals surface area contributed by atoms with Crippen LogP contribution in [-0.4, -0.2) is 25.8 Å². The molecule has 0 spiro atoms. The molecule has 0 aliphatic heterocycles. The van der Waals surface area contributed by atoms with Crippen molar-refractivity contribution in [2.45, 2.75) is 13.3 Å². The molecule has 0 aliphatic rings. The zero-order valence-electron chi connectivity index (χ0n) is 12.1. The summed E-state index contributed by atoms with van der Waals surface area (Å²) in [6, 6.07) is 12.9. The van der Waals surface area contributed by atoms with E-state index in [2.05, 4.69) is 10.1 Å². The number of hydrogen-bond donors (Lipinski definition) is 1. The van der Waals surface area contributed by atoms with Crippen LogP contribution < -0.4 is 0 Å². The van der Waals surface area contributed by atoms with Crippen molar-refractivity contribution < 1.29 is 9.90 Å². The molecule has 5 heteroatoms. The summed E-state index contributed by atoms with van der Waals surface area (Å²) in [5.41, 5.74) is 3.36. The van der Waals surface area contributed by atoms with Crippen LogP contribution in [0.3, 0.4) is 0 Å². The van der Waals surface area contributed by atoms with E-state index < -0.39 is 5.97 Å². The summed E-state index contributed by atoms with van der Waals surface area (Å²) >= 11 is 0. The summed E-state index contributed by atoms with van der Waals surface area (Å²) in [5.74, 6) is -1.01. The Labute approximate surface area is 127 Å². The quantitative estimate of drug-likeness (QED) is 0.802. The van der Waals surface area contributed by atoms with Crippen LogP contribution in [0.15, 0.2) is 54.9 Å². The van der Waals surface area contributed by atoms with E-state index in [0.717, 1.165) is 23.2 Å². The average Bonchev–Trinajstić information content (AvgIpc) is 3.01. The first kappa shape index (κ1) is 14.0. The van der Waals surface area contributed by atoms with E-state index in [0.29, 0.717) is 5.69 Å². The van der Waals surface area contributed by atoms with Crippen LogP contribution in [0, 0.1) is 0 Å². The maximum Gasteiger partial charge on any atom is 0.354 e. The fourth-order valence-corrected chi connectivity index (χ4v) is 2.39. The fraction of sp³-hybridized carbons (Fsp3) is 0.118. The second-order valence-corrected chi connectivity index (χ2v) is 4.86. The van der Waals surface area contributed by atoms with Gasteiger partial charge in [0.15, 0.2) is 5.69 Å². The lowest BCUT2D eigenvalue weighted by atomic mass is 10.1. The number of pyridine rings is 1. The Morgan fingerprint density at radius 3 is 2.73 bits per heavy atom. The highest BCUT2D eigenvalue weighted by atomic mass is 16.4. The van der Waals surface area contributed by atoms with Gasteiger partial charge in [-0.3, -0.25) is 4.98 Å². The molecule has 1 aromatic carbocycles. The third kappa shape index (κ3) is 2.48. The summed E-state index contributed by atoms with van der Waals surface area (Å²) in [4.78, 5) is 15.6. The van der Waals surface area contributed by atoms with Gasteiger partial charge in [-0.05, 0) is 36.2 Å². The second-order valence-electron chi connectivity index (χ2n) is 4.86. The molecule has 0 unspecified atom stereocenters. The van der Waals surface area contributed by atoms with Crippen LogP contribution >= 0.6 is 0 Å². The van der Waals surface area contributed by atoms with Crippen LogP contribution in [0.5, 0.6) is 0 Å². The summed E-state index contributed by atoms with van der Waals surface area (Å²) < 4.78 is 1.49. The van der Waals surface area contributed by atoms with Crippen molar-refractivity contribution >= 4 is 5.97 Å². The standard InChI is InChI=1S/C17H15N3O2/c1-2-12-6-3-4-8-15(12)20-16(17(21)22)10-14(19-20)13-7-5-9-18-11-13/h3-11H,2H2,1H3,(H,21,22). The molecule has 0 fully saturated rings. The Morgan fingerprint density at radius 2 is 2.05 bits per heavy atom. The molecule has 0 aliphatic carbocycles. The smallest absolute Gasteiger partial charge is 0.354 e. The minimum Gasteiger partial charge on any atom is -0.477 e. The van der Waals surface area contributed by atoms with E-state index in [1.807, 2.05) is 37.3 Å². The van der Waals surface area contributed by atoms with Gasteiger partial charge in [0.2, 0.25) is 0 Å². The number of carbonyl (C=O) groups is 1. The lowest BCUT2D eigenvalue weighted by Crippen LogP contribution is -2.09. The molecule has 3 aromatic rings. The van der Waals surface area contributed by atoms with E-state index in [-0.39, 0.29) is 5.69 Å². The number of rotatable bonds is 4. The Morgan fingerprint density at radius 1 is 1.23 bits per heavy atom. The number of para-hydroxylation sites is 1. The molecule has 0 saturated heterocycles. The first-order chi connectivity index (χ1) is 10.7. The van der Waals surface area contributed by atoms with E-state index in [1.165, 1.54) is 4.68 Å². The van der Waals surface area contributed by atoms with Crippen LogP contribution in [0.2, 0.25) is 0 Å². The topological polar surface area (TPSA) is 68.0 Å². The predicted molar refractivity (Wildman–Crippen MR) is 83.1 cm³/mol. The Bertz CT molecular complexity index is 810. The molecule has 5 nitrogen and oxygen atoms in total. The molecule has 0 atom stereocenters. The first-order valence-electron chi connectivity index (χ1n) is 7.02. The van der Waals surface area contributed by atoms with Gasteiger partial charge in [-0.15, -0.1) is 0 Å². The fourth-order valence-electron chi connectivity index (χ4n) is 2.39. The van der Waals surface area contributed by atoms with Crippen molar-refractivity contribution in [2.24, 2.45) is 0 Å². The van der Waals surface area contributed by atoms with Gasteiger partial charge < -0.3 is 5.11 Å². The summed E-state index contributed by atoms with van der Waals surface area (Å²) in [6.45, 7) is 2.03. The van der Waals surface area contributed by atoms with Crippen LogP contribution in [0.25, 0.3) is 16.9 Å². The van der Waals surface area contributed by atoms with Gasteiger partial charge >= 0.3 is 5.97 Å². The van der Waals surface area contributed by atoms with Crippen molar-refractivity contribution in [3.63, 3.8) is 0 Å². The highest BCUT2D eigenvalue weighted by Crippen LogP contribution is 2.23. The summed E-state index contributed by atoms with van der Waals surface area (Å²) in [5, 5.41) is 14.0. The van der Waals surface area contributed by atoms with Gasteiger partial charge in [-0.1, -0.05) is 25.1 Å². The molecular formula is C17H15N3O2. The Kier molecular flexibility index (Phi) is 3.70.